The van der Waals surface area contributed by atoms with Gasteiger partial charge in [-0.05, 0) is 38.0 Å². The normalized spacial score (nSPS) is 12.9. The van der Waals surface area contributed by atoms with E-state index in [4.69, 9.17) is 0 Å². The molecule has 17 heavy (non-hydrogen) atoms. The van der Waals surface area contributed by atoms with Gasteiger partial charge in [0.25, 0.3) is 0 Å². The Labute approximate surface area is 107 Å². The zero-order valence-corrected chi connectivity index (χ0v) is 11.6. The first-order valence-electron chi connectivity index (χ1n) is 6.36. The highest BCUT2D eigenvalue weighted by molar-refractivity contribution is 7.18. The van der Waals surface area contributed by atoms with Crippen molar-refractivity contribution in [2.24, 2.45) is 0 Å². The summed E-state index contributed by atoms with van der Waals surface area (Å²) in [5, 5.41) is 4.75. The van der Waals surface area contributed by atoms with E-state index in [9.17, 15) is 0 Å². The van der Waals surface area contributed by atoms with Gasteiger partial charge in [-0.2, -0.15) is 0 Å². The van der Waals surface area contributed by atoms with Gasteiger partial charge in [0.15, 0.2) is 0 Å². The van der Waals surface area contributed by atoms with E-state index >= 15 is 0 Å². The van der Waals surface area contributed by atoms with Gasteiger partial charge in [-0.25, -0.2) is 4.98 Å². The molecule has 0 saturated heterocycles. The van der Waals surface area contributed by atoms with E-state index in [2.05, 4.69) is 49.3 Å². The van der Waals surface area contributed by atoms with Crippen molar-refractivity contribution in [2.75, 3.05) is 5.32 Å². The Hall–Kier alpha value is -1.09. The third-order valence-corrected chi connectivity index (χ3v) is 3.93. The molecule has 3 heteroatoms. The summed E-state index contributed by atoms with van der Waals surface area (Å²) in [6.07, 6.45) is 3.64. The van der Waals surface area contributed by atoms with Crippen LogP contribution in [-0.2, 0) is 0 Å². The average Bonchev–Trinajstić information content (AvgIpc) is 2.68. The van der Waals surface area contributed by atoms with Crippen LogP contribution in [0.25, 0.3) is 10.2 Å². The van der Waals surface area contributed by atoms with Crippen molar-refractivity contribution in [1.29, 1.82) is 0 Å². The van der Waals surface area contributed by atoms with Gasteiger partial charge in [0.2, 0.25) is 0 Å². The van der Waals surface area contributed by atoms with Crippen molar-refractivity contribution in [2.45, 2.75) is 46.1 Å². The Morgan fingerprint density at radius 1 is 1.35 bits per heavy atom. The number of nitrogens with one attached hydrogen (secondary N) is 1. The number of hydrogen-bond acceptors (Lipinski definition) is 3. The van der Waals surface area contributed by atoms with Crippen LogP contribution in [0.2, 0.25) is 0 Å². The van der Waals surface area contributed by atoms with Gasteiger partial charge < -0.3 is 5.32 Å². The van der Waals surface area contributed by atoms with E-state index in [-0.39, 0.29) is 0 Å². The quantitative estimate of drug-likeness (QED) is 0.836. The first-order valence-corrected chi connectivity index (χ1v) is 7.18. The lowest BCUT2D eigenvalue weighted by Crippen LogP contribution is -2.17. The molecule has 1 heterocycles. The number of aromatic nitrogens is 1. The van der Waals surface area contributed by atoms with Crippen molar-refractivity contribution in [1.82, 2.24) is 4.98 Å². The second-order valence-corrected chi connectivity index (χ2v) is 5.69. The van der Waals surface area contributed by atoms with Crippen LogP contribution >= 0.6 is 11.3 Å². The topological polar surface area (TPSA) is 24.9 Å². The van der Waals surface area contributed by atoms with Crippen molar-refractivity contribution >= 4 is 27.2 Å². The molecule has 0 amide bonds. The predicted octanol–water partition coefficient (Wildman–Crippen LogP) is 4.60. The van der Waals surface area contributed by atoms with Crippen LogP contribution < -0.4 is 5.32 Å². The van der Waals surface area contributed by atoms with Crippen LogP contribution in [0.15, 0.2) is 18.2 Å². The molecule has 0 aliphatic heterocycles. The molecule has 0 radical (unpaired) electrons. The molecule has 0 spiro atoms. The fourth-order valence-corrected chi connectivity index (χ4v) is 2.96. The Balaban J connectivity index is 2.17. The molecule has 2 aromatic rings. The van der Waals surface area contributed by atoms with Gasteiger partial charge in [-0.3, -0.25) is 0 Å². The van der Waals surface area contributed by atoms with Gasteiger partial charge in [-0.15, -0.1) is 11.3 Å². The van der Waals surface area contributed by atoms with E-state index in [0.717, 1.165) is 10.5 Å². The summed E-state index contributed by atoms with van der Waals surface area (Å²) < 4.78 is 1.28. The summed E-state index contributed by atoms with van der Waals surface area (Å²) in [5.41, 5.74) is 2.34. The number of hydrogen-bond donors (Lipinski definition) is 1. The Morgan fingerprint density at radius 3 is 2.88 bits per heavy atom. The third-order valence-electron chi connectivity index (χ3n) is 3.00. The van der Waals surface area contributed by atoms with Gasteiger partial charge in [0.1, 0.15) is 0 Å². The maximum Gasteiger partial charge on any atom is 0.0907 e. The maximum absolute atomic E-state index is 4.48. The third kappa shape index (κ3) is 2.97. The van der Waals surface area contributed by atoms with Crippen LogP contribution in [0.1, 0.15) is 38.1 Å². The lowest BCUT2D eigenvalue weighted by Gasteiger charge is -2.17. The molecule has 0 aliphatic carbocycles. The minimum Gasteiger partial charge on any atom is -0.382 e. The van der Waals surface area contributed by atoms with Crippen molar-refractivity contribution < 1.29 is 0 Å². The molecule has 1 N–H and O–H groups in total. The minimum absolute atomic E-state index is 0.589. The van der Waals surface area contributed by atoms with E-state index in [1.54, 1.807) is 11.3 Å². The lowest BCUT2D eigenvalue weighted by molar-refractivity contribution is 0.623. The van der Waals surface area contributed by atoms with E-state index in [1.807, 2.05) is 0 Å². The SMILES string of the molecule is CCCC(CC)Nc1ccc2nc(C)sc2c1. The largest absolute Gasteiger partial charge is 0.382 e. The van der Waals surface area contributed by atoms with Gasteiger partial charge in [-0.1, -0.05) is 20.3 Å². The highest BCUT2D eigenvalue weighted by Crippen LogP contribution is 2.25. The Morgan fingerprint density at radius 2 is 2.18 bits per heavy atom. The molecule has 2 nitrogen and oxygen atoms in total. The molecule has 0 aliphatic rings. The van der Waals surface area contributed by atoms with Crippen LogP contribution in [0, 0.1) is 6.92 Å². The summed E-state index contributed by atoms with van der Waals surface area (Å²) in [6.45, 7) is 6.53. The van der Waals surface area contributed by atoms with E-state index in [1.165, 1.54) is 29.6 Å². The number of nitrogens with zero attached hydrogens (tertiary/aromatic N) is 1. The zero-order chi connectivity index (χ0) is 12.3. The van der Waals surface area contributed by atoms with Crippen molar-refractivity contribution in [3.8, 4) is 0 Å². The molecule has 0 saturated carbocycles. The first kappa shape index (κ1) is 12.4. The smallest absolute Gasteiger partial charge is 0.0907 e. The van der Waals surface area contributed by atoms with E-state index in [0.29, 0.717) is 6.04 Å². The number of anilines is 1. The number of benzene rings is 1. The molecular formula is C14H20N2S. The highest BCUT2D eigenvalue weighted by Gasteiger charge is 2.06. The Bertz CT molecular complexity index is 490. The molecule has 0 fully saturated rings. The van der Waals surface area contributed by atoms with Gasteiger partial charge in [0.05, 0.1) is 15.2 Å². The first-order chi connectivity index (χ1) is 8.22. The van der Waals surface area contributed by atoms with Crippen LogP contribution in [0.3, 0.4) is 0 Å². The number of rotatable bonds is 5. The van der Waals surface area contributed by atoms with Gasteiger partial charge in [0, 0.05) is 11.7 Å². The second kappa shape index (κ2) is 5.50. The maximum atomic E-state index is 4.48. The van der Waals surface area contributed by atoms with Crippen LogP contribution in [0.4, 0.5) is 5.69 Å². The molecule has 92 valence electrons. The molecule has 1 aromatic heterocycles. The summed E-state index contributed by atoms with van der Waals surface area (Å²) in [5.74, 6) is 0. The molecule has 1 unspecified atom stereocenters. The number of thiazole rings is 1. The monoisotopic (exact) mass is 248 g/mol. The van der Waals surface area contributed by atoms with Gasteiger partial charge >= 0.3 is 0 Å². The zero-order valence-electron chi connectivity index (χ0n) is 10.8. The fourth-order valence-electron chi connectivity index (χ4n) is 2.09. The summed E-state index contributed by atoms with van der Waals surface area (Å²) in [4.78, 5) is 4.48. The minimum atomic E-state index is 0.589. The van der Waals surface area contributed by atoms with Crippen molar-refractivity contribution in [3.63, 3.8) is 0 Å². The number of aryl methyl sites for hydroxylation is 1. The van der Waals surface area contributed by atoms with E-state index < -0.39 is 0 Å². The second-order valence-electron chi connectivity index (χ2n) is 4.45. The molecule has 1 atom stereocenters. The summed E-state index contributed by atoms with van der Waals surface area (Å²) >= 11 is 1.76. The standard InChI is InChI=1S/C14H20N2S/c1-4-6-11(5-2)16-12-7-8-13-14(9-12)17-10(3)15-13/h7-9,11,16H,4-6H2,1-3H3. The molecule has 1 aromatic carbocycles. The predicted molar refractivity (Wildman–Crippen MR) is 77.0 cm³/mol. The molecule has 0 bridgehead atoms. The summed E-state index contributed by atoms with van der Waals surface area (Å²) in [6, 6.07) is 7.06. The van der Waals surface area contributed by atoms with Crippen LogP contribution in [0.5, 0.6) is 0 Å². The van der Waals surface area contributed by atoms with Crippen molar-refractivity contribution in [3.05, 3.63) is 23.2 Å². The highest BCUT2D eigenvalue weighted by atomic mass is 32.1. The van der Waals surface area contributed by atoms with Crippen LogP contribution in [-0.4, -0.2) is 11.0 Å². The lowest BCUT2D eigenvalue weighted by atomic mass is 10.1. The average molecular weight is 248 g/mol. The molecule has 2 rings (SSSR count). The molecular weight excluding hydrogens is 228 g/mol. The number of fused-ring (bicyclic) bond motifs is 1. The Kier molecular flexibility index (Phi) is 4.00. The fraction of sp³-hybridized carbons (Fsp3) is 0.500. The summed E-state index contributed by atoms with van der Waals surface area (Å²) in [7, 11) is 0.